The Hall–Kier alpha value is -0.780. The molecule has 0 heteroatoms. The maximum Gasteiger partial charge on any atom is 0 e. The van der Waals surface area contributed by atoms with Crippen LogP contribution in [-0.4, -0.2) is 0 Å². The molecular weight excluding hydrogens is 264 g/mol. The predicted molar refractivity (Wildman–Crippen MR) is 101 cm³/mol. The molecule has 0 spiro atoms. The molecule has 1 saturated carbocycles. The van der Waals surface area contributed by atoms with E-state index in [1.165, 1.54) is 31.2 Å². The van der Waals surface area contributed by atoms with Crippen LogP contribution in [-0.2, 0) is 10.8 Å². The van der Waals surface area contributed by atoms with E-state index in [4.69, 9.17) is 0 Å². The van der Waals surface area contributed by atoms with Crippen LogP contribution in [0.3, 0.4) is 0 Å². The molecule has 1 fully saturated rings. The highest BCUT2D eigenvalue weighted by atomic mass is 14.3. The monoisotopic (exact) mass is 302 g/mol. The van der Waals surface area contributed by atoms with Crippen LogP contribution in [0.25, 0.3) is 0 Å². The van der Waals surface area contributed by atoms with Crippen molar-refractivity contribution in [3.63, 3.8) is 0 Å². The van der Waals surface area contributed by atoms with E-state index in [0.717, 1.165) is 11.8 Å². The maximum absolute atomic E-state index is 2.53. The highest BCUT2D eigenvalue weighted by molar-refractivity contribution is 5.46. The molecule has 0 aliphatic heterocycles. The SMILES string of the molecule is Cc1c(C(C)(C)C)cc(C2CCC(C)CC2)cc1C(C)(C)C.[HH]. The third kappa shape index (κ3) is 3.76. The van der Waals surface area contributed by atoms with Crippen LogP contribution in [0.15, 0.2) is 12.1 Å². The second-order valence-electron chi connectivity index (χ2n) is 9.70. The second-order valence-corrected chi connectivity index (χ2v) is 9.70. The summed E-state index contributed by atoms with van der Waals surface area (Å²) in [7, 11) is 0. The summed E-state index contributed by atoms with van der Waals surface area (Å²) in [4.78, 5) is 0. The first-order valence-electron chi connectivity index (χ1n) is 9.15. The smallest absolute Gasteiger partial charge is 0 e. The van der Waals surface area contributed by atoms with Crippen molar-refractivity contribution >= 4 is 0 Å². The summed E-state index contributed by atoms with van der Waals surface area (Å²) >= 11 is 0. The predicted octanol–water partition coefficient (Wildman–Crippen LogP) is 7.13. The standard InChI is InChI=1S/C22H36.H2/c1-15-9-11-17(12-10-15)18-13-19(21(3,4)5)16(2)20(14-18)22(6,7)8;/h13-15,17H,9-12H2,1-8H3;1H. The van der Waals surface area contributed by atoms with E-state index in [1.807, 2.05) is 0 Å². The summed E-state index contributed by atoms with van der Waals surface area (Å²) in [5.74, 6) is 1.70. The summed E-state index contributed by atoms with van der Waals surface area (Å²) in [6, 6.07) is 5.07. The van der Waals surface area contributed by atoms with Crippen molar-refractivity contribution in [1.29, 1.82) is 0 Å². The van der Waals surface area contributed by atoms with E-state index in [-0.39, 0.29) is 12.3 Å². The van der Waals surface area contributed by atoms with Crippen molar-refractivity contribution < 1.29 is 1.43 Å². The van der Waals surface area contributed by atoms with Gasteiger partial charge in [-0.25, -0.2) is 0 Å². The van der Waals surface area contributed by atoms with Gasteiger partial charge in [-0.1, -0.05) is 73.4 Å². The van der Waals surface area contributed by atoms with Gasteiger partial charge < -0.3 is 0 Å². The first-order valence-corrected chi connectivity index (χ1v) is 9.15. The van der Waals surface area contributed by atoms with Crippen LogP contribution >= 0.6 is 0 Å². The van der Waals surface area contributed by atoms with Crippen molar-refractivity contribution in [2.75, 3.05) is 0 Å². The average Bonchev–Trinajstić information content (AvgIpc) is 2.37. The molecule has 1 aromatic rings. The fourth-order valence-corrected chi connectivity index (χ4v) is 4.12. The van der Waals surface area contributed by atoms with Crippen molar-refractivity contribution in [2.45, 2.75) is 97.8 Å². The molecule has 1 aliphatic rings. The molecule has 0 aromatic heterocycles. The first-order chi connectivity index (χ1) is 10.00. The van der Waals surface area contributed by atoms with Gasteiger partial charge in [0, 0.05) is 1.43 Å². The van der Waals surface area contributed by atoms with Gasteiger partial charge in [0.1, 0.15) is 0 Å². The highest BCUT2D eigenvalue weighted by Crippen LogP contribution is 2.41. The summed E-state index contributed by atoms with van der Waals surface area (Å²) in [6.07, 6.45) is 5.54. The van der Waals surface area contributed by atoms with Gasteiger partial charge >= 0.3 is 0 Å². The van der Waals surface area contributed by atoms with Crippen LogP contribution in [0.4, 0.5) is 0 Å². The quantitative estimate of drug-likeness (QED) is 0.517. The lowest BCUT2D eigenvalue weighted by atomic mass is 9.72. The van der Waals surface area contributed by atoms with Crippen LogP contribution in [0, 0.1) is 12.8 Å². The number of rotatable bonds is 1. The summed E-state index contributed by atoms with van der Waals surface area (Å²) < 4.78 is 0. The second kappa shape index (κ2) is 6.02. The van der Waals surface area contributed by atoms with Crippen molar-refractivity contribution in [2.24, 2.45) is 5.92 Å². The van der Waals surface area contributed by atoms with Gasteiger partial charge in [0.2, 0.25) is 0 Å². The third-order valence-corrected chi connectivity index (χ3v) is 5.53. The number of hydrogen-bond acceptors (Lipinski definition) is 0. The molecule has 0 bridgehead atoms. The zero-order chi connectivity index (χ0) is 16.7. The molecule has 126 valence electrons. The van der Waals surface area contributed by atoms with Gasteiger partial charge in [0.25, 0.3) is 0 Å². The Kier molecular flexibility index (Phi) is 4.81. The molecule has 0 radical (unpaired) electrons. The molecule has 0 nitrogen and oxygen atoms in total. The lowest BCUT2D eigenvalue weighted by molar-refractivity contribution is 0.347. The molecule has 2 rings (SSSR count). The van der Waals surface area contributed by atoms with E-state index >= 15 is 0 Å². The Morgan fingerprint density at radius 2 is 1.23 bits per heavy atom. The van der Waals surface area contributed by atoms with Gasteiger partial charge in [0.15, 0.2) is 0 Å². The van der Waals surface area contributed by atoms with E-state index in [9.17, 15) is 0 Å². The van der Waals surface area contributed by atoms with Crippen molar-refractivity contribution in [3.05, 3.63) is 34.4 Å². The third-order valence-electron chi connectivity index (χ3n) is 5.53. The van der Waals surface area contributed by atoms with Gasteiger partial charge in [-0.05, 0) is 64.7 Å². The largest absolute Gasteiger partial charge is 0.0625 e. The summed E-state index contributed by atoms with van der Waals surface area (Å²) in [5, 5.41) is 0. The summed E-state index contributed by atoms with van der Waals surface area (Å²) in [5.41, 5.74) is 6.66. The fourth-order valence-electron chi connectivity index (χ4n) is 4.12. The lowest BCUT2D eigenvalue weighted by Crippen LogP contribution is -2.21. The minimum absolute atomic E-state index is 0. The van der Waals surface area contributed by atoms with Gasteiger partial charge in [-0.15, -0.1) is 0 Å². The molecule has 0 saturated heterocycles. The minimum Gasteiger partial charge on any atom is -0.0625 e. The van der Waals surface area contributed by atoms with Gasteiger partial charge in [0.05, 0.1) is 0 Å². The zero-order valence-electron chi connectivity index (χ0n) is 16.1. The van der Waals surface area contributed by atoms with E-state index in [0.29, 0.717) is 0 Å². The Morgan fingerprint density at radius 3 is 1.59 bits per heavy atom. The van der Waals surface area contributed by atoms with Gasteiger partial charge in [-0.3, -0.25) is 0 Å². The van der Waals surface area contributed by atoms with Crippen LogP contribution in [0.1, 0.15) is 104 Å². The summed E-state index contributed by atoms with van der Waals surface area (Å²) in [6.45, 7) is 18.9. The maximum atomic E-state index is 2.53. The molecule has 1 aromatic carbocycles. The van der Waals surface area contributed by atoms with Crippen LogP contribution in [0.2, 0.25) is 0 Å². The normalized spacial score (nSPS) is 23.6. The Morgan fingerprint density at radius 1 is 0.818 bits per heavy atom. The first kappa shape index (κ1) is 17.6. The highest BCUT2D eigenvalue weighted by Gasteiger charge is 2.27. The Labute approximate surface area is 140 Å². The molecule has 22 heavy (non-hydrogen) atoms. The van der Waals surface area contributed by atoms with Crippen molar-refractivity contribution in [1.82, 2.24) is 0 Å². The molecule has 0 atom stereocenters. The van der Waals surface area contributed by atoms with E-state index in [1.54, 1.807) is 16.7 Å². The molecule has 1 aliphatic carbocycles. The number of benzene rings is 1. The van der Waals surface area contributed by atoms with Crippen LogP contribution < -0.4 is 0 Å². The zero-order valence-corrected chi connectivity index (χ0v) is 16.1. The minimum atomic E-state index is 0. The molecule has 0 unspecified atom stereocenters. The van der Waals surface area contributed by atoms with E-state index < -0.39 is 0 Å². The lowest BCUT2D eigenvalue weighted by Gasteiger charge is -2.33. The molecular formula is C22H38. The molecule has 0 amide bonds. The van der Waals surface area contributed by atoms with Crippen molar-refractivity contribution in [3.8, 4) is 0 Å². The van der Waals surface area contributed by atoms with E-state index in [2.05, 4.69) is 67.5 Å². The Bertz CT molecular complexity index is 485. The molecule has 0 heterocycles. The van der Waals surface area contributed by atoms with Gasteiger partial charge in [-0.2, -0.15) is 0 Å². The van der Waals surface area contributed by atoms with Crippen LogP contribution in [0.5, 0.6) is 0 Å². The number of hydrogen-bond donors (Lipinski definition) is 0. The Balaban J connectivity index is 0.00000264. The topological polar surface area (TPSA) is 0 Å². The molecule has 0 N–H and O–H groups in total. The average molecular weight is 303 g/mol. The fraction of sp³-hybridized carbons (Fsp3) is 0.727.